The predicted octanol–water partition coefficient (Wildman–Crippen LogP) is 2.95. The largest absolute Gasteiger partial charge is 0.338 e. The van der Waals surface area contributed by atoms with E-state index in [1.165, 1.54) is 0 Å². The summed E-state index contributed by atoms with van der Waals surface area (Å²) in [5.74, 6) is 1.80. The average Bonchev–Trinajstić information content (AvgIpc) is 2.94. The normalized spacial score (nSPS) is 22.6. The van der Waals surface area contributed by atoms with Crippen LogP contribution in [0, 0.1) is 5.92 Å². The van der Waals surface area contributed by atoms with Gasteiger partial charge in [-0.2, -0.15) is 4.98 Å². The highest BCUT2D eigenvalue weighted by Crippen LogP contribution is 2.29. The van der Waals surface area contributed by atoms with Gasteiger partial charge in [0.05, 0.1) is 5.02 Å². The van der Waals surface area contributed by atoms with E-state index in [4.69, 9.17) is 28.9 Å². The Morgan fingerprint density at radius 3 is 2.95 bits per heavy atom. The number of rotatable bonds is 2. The first-order valence-electron chi connectivity index (χ1n) is 6.93. The van der Waals surface area contributed by atoms with Gasteiger partial charge in [-0.05, 0) is 30.5 Å². The number of H-pyrrole nitrogens is 1. The highest BCUT2D eigenvalue weighted by molar-refractivity contribution is 6.35. The van der Waals surface area contributed by atoms with Crippen LogP contribution in [0.3, 0.4) is 0 Å². The van der Waals surface area contributed by atoms with Crippen LogP contribution in [0.25, 0.3) is 11.4 Å². The van der Waals surface area contributed by atoms with Crippen molar-refractivity contribution < 1.29 is 0 Å². The van der Waals surface area contributed by atoms with Crippen molar-refractivity contribution in [2.45, 2.75) is 19.4 Å². The molecule has 3 rings (SSSR count). The fraction of sp³-hybridized carbons (Fsp3) is 0.429. The summed E-state index contributed by atoms with van der Waals surface area (Å²) in [5.41, 5.74) is 6.87. The summed E-state index contributed by atoms with van der Waals surface area (Å²) in [6.45, 7) is 3.86. The minimum absolute atomic E-state index is 0.149. The standard InChI is InChI=1S/C14H17Cl2N5/c1-8-4-5-21(7-12(8)17)14-18-13(19-20-14)10-6-9(15)2-3-11(10)16/h2-3,6,8,12H,4-5,7,17H2,1H3,(H,18,19,20). The Labute approximate surface area is 133 Å². The molecule has 0 saturated carbocycles. The molecule has 2 atom stereocenters. The van der Waals surface area contributed by atoms with Crippen LogP contribution in [-0.2, 0) is 0 Å². The molecule has 5 nitrogen and oxygen atoms in total. The van der Waals surface area contributed by atoms with Crippen molar-refractivity contribution in [2.75, 3.05) is 18.0 Å². The number of hydrogen-bond donors (Lipinski definition) is 2. The molecule has 1 fully saturated rings. The van der Waals surface area contributed by atoms with Crippen LogP contribution in [0.5, 0.6) is 0 Å². The SMILES string of the molecule is CC1CCN(c2n[nH]c(-c3cc(Cl)ccc3Cl)n2)CC1N. The summed E-state index contributed by atoms with van der Waals surface area (Å²) in [5, 5.41) is 8.41. The van der Waals surface area contributed by atoms with Crippen LogP contribution < -0.4 is 10.6 Å². The minimum atomic E-state index is 0.149. The Balaban J connectivity index is 1.85. The van der Waals surface area contributed by atoms with Crippen molar-refractivity contribution in [3.63, 3.8) is 0 Å². The molecular formula is C14H17Cl2N5. The third-order valence-electron chi connectivity index (χ3n) is 3.96. The molecule has 7 heteroatoms. The first kappa shape index (κ1) is 14.6. The number of aromatic amines is 1. The van der Waals surface area contributed by atoms with E-state index in [1.807, 2.05) is 0 Å². The third-order valence-corrected chi connectivity index (χ3v) is 4.52. The number of benzene rings is 1. The van der Waals surface area contributed by atoms with E-state index in [1.54, 1.807) is 18.2 Å². The number of aromatic nitrogens is 3. The second kappa shape index (κ2) is 5.83. The maximum absolute atomic E-state index is 6.19. The quantitative estimate of drug-likeness (QED) is 0.890. The summed E-state index contributed by atoms with van der Waals surface area (Å²) in [6.07, 6.45) is 1.04. The smallest absolute Gasteiger partial charge is 0.245 e. The second-order valence-corrected chi connectivity index (χ2v) is 6.33. The van der Waals surface area contributed by atoms with Crippen LogP contribution in [0.15, 0.2) is 18.2 Å². The summed E-state index contributed by atoms with van der Waals surface area (Å²) >= 11 is 12.2. The molecule has 1 aromatic heterocycles. The molecule has 2 unspecified atom stereocenters. The van der Waals surface area contributed by atoms with Gasteiger partial charge in [0.2, 0.25) is 5.95 Å². The van der Waals surface area contributed by atoms with E-state index in [-0.39, 0.29) is 6.04 Å². The summed E-state index contributed by atoms with van der Waals surface area (Å²) < 4.78 is 0. The number of nitrogens with zero attached hydrogens (tertiary/aromatic N) is 3. The highest BCUT2D eigenvalue weighted by atomic mass is 35.5. The maximum atomic E-state index is 6.19. The summed E-state index contributed by atoms with van der Waals surface area (Å²) in [7, 11) is 0. The number of nitrogens with one attached hydrogen (secondary N) is 1. The number of halogens is 2. The Kier molecular flexibility index (Phi) is 4.06. The molecule has 1 saturated heterocycles. The topological polar surface area (TPSA) is 70.8 Å². The van der Waals surface area contributed by atoms with Gasteiger partial charge in [0.25, 0.3) is 0 Å². The molecule has 21 heavy (non-hydrogen) atoms. The maximum Gasteiger partial charge on any atom is 0.245 e. The molecular weight excluding hydrogens is 309 g/mol. The van der Waals surface area contributed by atoms with E-state index in [0.717, 1.165) is 25.1 Å². The molecule has 3 N–H and O–H groups in total. The zero-order chi connectivity index (χ0) is 15.0. The zero-order valence-corrected chi connectivity index (χ0v) is 13.2. The molecule has 0 bridgehead atoms. The number of nitrogens with two attached hydrogens (primary N) is 1. The van der Waals surface area contributed by atoms with Crippen molar-refractivity contribution in [3.05, 3.63) is 28.2 Å². The van der Waals surface area contributed by atoms with Gasteiger partial charge in [0.1, 0.15) is 0 Å². The lowest BCUT2D eigenvalue weighted by Crippen LogP contribution is -2.48. The molecule has 0 amide bonds. The Morgan fingerprint density at radius 1 is 1.38 bits per heavy atom. The second-order valence-electron chi connectivity index (χ2n) is 5.48. The summed E-state index contributed by atoms with van der Waals surface area (Å²) in [4.78, 5) is 6.63. The van der Waals surface area contributed by atoms with Crippen LogP contribution in [-0.4, -0.2) is 34.3 Å². The first-order valence-corrected chi connectivity index (χ1v) is 7.68. The van der Waals surface area contributed by atoms with E-state index in [0.29, 0.717) is 27.7 Å². The molecule has 0 aliphatic carbocycles. The molecule has 112 valence electrons. The van der Waals surface area contributed by atoms with Gasteiger partial charge in [-0.3, -0.25) is 5.10 Å². The Bertz CT molecular complexity index is 642. The molecule has 2 heterocycles. The van der Waals surface area contributed by atoms with E-state index < -0.39 is 0 Å². The lowest BCUT2D eigenvalue weighted by Gasteiger charge is -2.34. The summed E-state index contributed by atoms with van der Waals surface area (Å²) in [6, 6.07) is 5.42. The first-order chi connectivity index (χ1) is 10.0. The lowest BCUT2D eigenvalue weighted by molar-refractivity contribution is 0.376. The van der Waals surface area contributed by atoms with Crippen LogP contribution in [0.2, 0.25) is 10.0 Å². The number of piperidine rings is 1. The van der Waals surface area contributed by atoms with Gasteiger partial charge in [0, 0.05) is 29.7 Å². The third kappa shape index (κ3) is 3.00. The van der Waals surface area contributed by atoms with Gasteiger partial charge in [0.15, 0.2) is 5.82 Å². The van der Waals surface area contributed by atoms with Crippen LogP contribution in [0.4, 0.5) is 5.95 Å². The van der Waals surface area contributed by atoms with Gasteiger partial charge in [-0.15, -0.1) is 5.10 Å². The fourth-order valence-electron chi connectivity index (χ4n) is 2.47. The Hall–Kier alpha value is -1.30. The van der Waals surface area contributed by atoms with E-state index in [2.05, 4.69) is 27.0 Å². The fourth-order valence-corrected chi connectivity index (χ4v) is 2.85. The highest BCUT2D eigenvalue weighted by Gasteiger charge is 2.25. The zero-order valence-electron chi connectivity index (χ0n) is 11.7. The lowest BCUT2D eigenvalue weighted by atomic mass is 9.95. The molecule has 2 aromatic rings. The van der Waals surface area contributed by atoms with E-state index in [9.17, 15) is 0 Å². The number of anilines is 1. The van der Waals surface area contributed by atoms with Crippen molar-refractivity contribution in [1.82, 2.24) is 15.2 Å². The monoisotopic (exact) mass is 325 g/mol. The van der Waals surface area contributed by atoms with Gasteiger partial charge < -0.3 is 10.6 Å². The van der Waals surface area contributed by atoms with Crippen LogP contribution in [0.1, 0.15) is 13.3 Å². The van der Waals surface area contributed by atoms with Crippen molar-refractivity contribution in [2.24, 2.45) is 11.7 Å². The van der Waals surface area contributed by atoms with Gasteiger partial charge in [-0.25, -0.2) is 0 Å². The molecule has 1 aliphatic heterocycles. The molecule has 0 radical (unpaired) electrons. The minimum Gasteiger partial charge on any atom is -0.338 e. The van der Waals surface area contributed by atoms with Crippen molar-refractivity contribution in [1.29, 1.82) is 0 Å². The van der Waals surface area contributed by atoms with Crippen molar-refractivity contribution in [3.8, 4) is 11.4 Å². The van der Waals surface area contributed by atoms with Crippen molar-refractivity contribution >= 4 is 29.2 Å². The molecule has 1 aromatic carbocycles. The Morgan fingerprint density at radius 2 is 2.19 bits per heavy atom. The predicted molar refractivity (Wildman–Crippen MR) is 85.8 cm³/mol. The molecule has 0 spiro atoms. The average molecular weight is 326 g/mol. The van der Waals surface area contributed by atoms with E-state index >= 15 is 0 Å². The number of hydrogen-bond acceptors (Lipinski definition) is 4. The van der Waals surface area contributed by atoms with Gasteiger partial charge in [-0.1, -0.05) is 30.1 Å². The molecule has 1 aliphatic rings. The van der Waals surface area contributed by atoms with Gasteiger partial charge >= 0.3 is 0 Å². The van der Waals surface area contributed by atoms with Crippen LogP contribution >= 0.6 is 23.2 Å².